The zero-order valence-electron chi connectivity index (χ0n) is 12.1. The highest BCUT2D eigenvalue weighted by Crippen LogP contribution is 2.28. The summed E-state index contributed by atoms with van der Waals surface area (Å²) in [5.74, 6) is 0.790. The second-order valence-corrected chi connectivity index (χ2v) is 4.63. The molecule has 19 heavy (non-hydrogen) atoms. The third-order valence-electron chi connectivity index (χ3n) is 2.90. The molecule has 2 N–H and O–H groups in total. The van der Waals surface area contributed by atoms with Gasteiger partial charge in [0.25, 0.3) is 0 Å². The van der Waals surface area contributed by atoms with E-state index < -0.39 is 0 Å². The van der Waals surface area contributed by atoms with Gasteiger partial charge < -0.3 is 20.3 Å². The zero-order chi connectivity index (χ0) is 14.4. The smallest absolute Gasteiger partial charge is 0.241 e. The van der Waals surface area contributed by atoms with Crippen LogP contribution < -0.4 is 15.4 Å². The standard InChI is InChI=1S/C14H23N3O2/c1-5-8-17(10-14(18)16(2)3)13-9-11(19-4)6-7-12(13)15/h6-7,9H,5,8,10,15H2,1-4H3. The number of amides is 1. The largest absolute Gasteiger partial charge is 0.497 e. The van der Waals surface area contributed by atoms with Crippen LogP contribution in [0.2, 0.25) is 0 Å². The summed E-state index contributed by atoms with van der Waals surface area (Å²) in [5, 5.41) is 0. The van der Waals surface area contributed by atoms with Crippen LogP contribution in [-0.4, -0.2) is 45.1 Å². The number of ether oxygens (including phenoxy) is 1. The molecule has 0 unspecified atom stereocenters. The summed E-state index contributed by atoms with van der Waals surface area (Å²) in [7, 11) is 5.12. The Labute approximate surface area is 114 Å². The van der Waals surface area contributed by atoms with Crippen molar-refractivity contribution in [2.45, 2.75) is 13.3 Å². The zero-order valence-corrected chi connectivity index (χ0v) is 12.1. The molecule has 5 nitrogen and oxygen atoms in total. The fraction of sp³-hybridized carbons (Fsp3) is 0.500. The van der Waals surface area contributed by atoms with Crippen LogP contribution >= 0.6 is 0 Å². The number of carbonyl (C=O) groups excluding carboxylic acids is 1. The average molecular weight is 265 g/mol. The van der Waals surface area contributed by atoms with Crippen LogP contribution in [0, 0.1) is 0 Å². The van der Waals surface area contributed by atoms with E-state index in [1.54, 1.807) is 32.2 Å². The van der Waals surface area contributed by atoms with Gasteiger partial charge in [-0.3, -0.25) is 4.79 Å². The van der Waals surface area contributed by atoms with Crippen LogP contribution in [0.4, 0.5) is 11.4 Å². The van der Waals surface area contributed by atoms with Gasteiger partial charge in [-0.1, -0.05) is 6.92 Å². The number of rotatable bonds is 6. The molecule has 1 aromatic carbocycles. The van der Waals surface area contributed by atoms with Gasteiger partial charge in [-0.25, -0.2) is 0 Å². The van der Waals surface area contributed by atoms with Gasteiger partial charge >= 0.3 is 0 Å². The van der Waals surface area contributed by atoms with E-state index in [0.717, 1.165) is 24.4 Å². The van der Waals surface area contributed by atoms with E-state index >= 15 is 0 Å². The Hall–Kier alpha value is -1.91. The van der Waals surface area contributed by atoms with Crippen molar-refractivity contribution in [3.05, 3.63) is 18.2 Å². The fourth-order valence-corrected chi connectivity index (χ4v) is 1.78. The van der Waals surface area contributed by atoms with Crippen LogP contribution in [0.15, 0.2) is 18.2 Å². The highest BCUT2D eigenvalue weighted by atomic mass is 16.5. The number of nitrogen functional groups attached to an aromatic ring is 1. The highest BCUT2D eigenvalue weighted by molar-refractivity contribution is 5.83. The molecule has 0 atom stereocenters. The molecule has 106 valence electrons. The summed E-state index contributed by atoms with van der Waals surface area (Å²) in [6.45, 7) is 3.17. The molecule has 1 aromatic rings. The molecule has 0 spiro atoms. The van der Waals surface area contributed by atoms with Gasteiger partial charge in [0.2, 0.25) is 5.91 Å². The van der Waals surface area contributed by atoms with Crippen molar-refractivity contribution in [1.29, 1.82) is 0 Å². The van der Waals surface area contributed by atoms with Gasteiger partial charge in [0.15, 0.2) is 0 Å². The first-order valence-corrected chi connectivity index (χ1v) is 6.38. The van der Waals surface area contributed by atoms with Crippen LogP contribution in [0.3, 0.4) is 0 Å². The lowest BCUT2D eigenvalue weighted by Gasteiger charge is -2.26. The van der Waals surface area contributed by atoms with Crippen molar-refractivity contribution in [2.75, 3.05) is 44.9 Å². The van der Waals surface area contributed by atoms with E-state index in [2.05, 4.69) is 6.92 Å². The van der Waals surface area contributed by atoms with Gasteiger partial charge in [0, 0.05) is 26.7 Å². The first-order chi connectivity index (χ1) is 8.99. The van der Waals surface area contributed by atoms with E-state index in [1.807, 2.05) is 17.0 Å². The predicted octanol–water partition coefficient (Wildman–Crippen LogP) is 1.58. The van der Waals surface area contributed by atoms with Crippen molar-refractivity contribution in [1.82, 2.24) is 4.90 Å². The fourth-order valence-electron chi connectivity index (χ4n) is 1.78. The summed E-state index contributed by atoms with van der Waals surface area (Å²) in [6, 6.07) is 5.49. The minimum atomic E-state index is 0.0515. The number of anilines is 2. The van der Waals surface area contributed by atoms with Gasteiger partial charge in [-0.05, 0) is 18.6 Å². The Morgan fingerprint density at radius 2 is 2.05 bits per heavy atom. The van der Waals surface area contributed by atoms with E-state index in [4.69, 9.17) is 10.5 Å². The number of nitrogens with zero attached hydrogens (tertiary/aromatic N) is 2. The van der Waals surface area contributed by atoms with Crippen LogP contribution in [0.1, 0.15) is 13.3 Å². The lowest BCUT2D eigenvalue weighted by molar-refractivity contribution is -0.127. The quantitative estimate of drug-likeness (QED) is 0.793. The summed E-state index contributed by atoms with van der Waals surface area (Å²) >= 11 is 0. The summed E-state index contributed by atoms with van der Waals surface area (Å²) in [6.07, 6.45) is 0.942. The van der Waals surface area contributed by atoms with Crippen molar-refractivity contribution in [2.24, 2.45) is 0 Å². The molecule has 0 aliphatic heterocycles. The van der Waals surface area contributed by atoms with E-state index in [1.165, 1.54) is 0 Å². The monoisotopic (exact) mass is 265 g/mol. The number of carbonyl (C=O) groups is 1. The van der Waals surface area contributed by atoms with Gasteiger partial charge in [0.1, 0.15) is 5.75 Å². The van der Waals surface area contributed by atoms with Crippen molar-refractivity contribution in [3.8, 4) is 5.75 Å². The van der Waals surface area contributed by atoms with E-state index in [9.17, 15) is 4.79 Å². The third kappa shape index (κ3) is 4.05. The molecule has 0 radical (unpaired) electrons. The van der Waals surface area contributed by atoms with Crippen molar-refractivity contribution < 1.29 is 9.53 Å². The highest BCUT2D eigenvalue weighted by Gasteiger charge is 2.15. The first kappa shape index (κ1) is 15.1. The molecule has 0 aromatic heterocycles. The van der Waals surface area contributed by atoms with E-state index in [0.29, 0.717) is 12.2 Å². The molecule has 0 bridgehead atoms. The minimum Gasteiger partial charge on any atom is -0.497 e. The third-order valence-corrected chi connectivity index (χ3v) is 2.90. The number of hydrogen-bond acceptors (Lipinski definition) is 4. The van der Waals surface area contributed by atoms with Gasteiger partial charge in [-0.15, -0.1) is 0 Å². The molecule has 5 heteroatoms. The Kier molecular flexibility index (Phi) is 5.48. The Morgan fingerprint density at radius 1 is 1.37 bits per heavy atom. The molecule has 0 aliphatic carbocycles. The molecule has 0 saturated heterocycles. The summed E-state index contributed by atoms with van der Waals surface area (Å²) in [5.41, 5.74) is 7.50. The first-order valence-electron chi connectivity index (χ1n) is 6.38. The number of nitrogens with two attached hydrogens (primary N) is 1. The Balaban J connectivity index is 3.00. The second kappa shape index (κ2) is 6.87. The Bertz CT molecular complexity index is 433. The number of methoxy groups -OCH3 is 1. The molecule has 1 amide bonds. The van der Waals surface area contributed by atoms with Crippen LogP contribution in [-0.2, 0) is 4.79 Å². The molecule has 1 rings (SSSR count). The molecular weight excluding hydrogens is 242 g/mol. The van der Waals surface area contributed by atoms with E-state index in [-0.39, 0.29) is 5.91 Å². The number of hydrogen-bond donors (Lipinski definition) is 1. The maximum absolute atomic E-state index is 11.9. The number of likely N-dealkylation sites (N-methyl/N-ethyl adjacent to an activating group) is 1. The second-order valence-electron chi connectivity index (χ2n) is 4.63. The Morgan fingerprint density at radius 3 is 2.58 bits per heavy atom. The predicted molar refractivity (Wildman–Crippen MR) is 78.6 cm³/mol. The maximum Gasteiger partial charge on any atom is 0.241 e. The van der Waals surface area contributed by atoms with Crippen LogP contribution in [0.5, 0.6) is 5.75 Å². The average Bonchev–Trinajstić information content (AvgIpc) is 2.38. The molecule has 0 heterocycles. The lowest BCUT2D eigenvalue weighted by Crippen LogP contribution is -2.37. The summed E-state index contributed by atoms with van der Waals surface area (Å²) in [4.78, 5) is 15.4. The number of benzene rings is 1. The van der Waals surface area contributed by atoms with Gasteiger partial charge in [0.05, 0.1) is 25.0 Å². The molecule has 0 aliphatic rings. The molecule has 0 saturated carbocycles. The maximum atomic E-state index is 11.9. The summed E-state index contributed by atoms with van der Waals surface area (Å²) < 4.78 is 5.21. The SMILES string of the molecule is CCCN(CC(=O)N(C)C)c1cc(OC)ccc1N. The minimum absolute atomic E-state index is 0.0515. The lowest BCUT2D eigenvalue weighted by atomic mass is 10.2. The van der Waals surface area contributed by atoms with Crippen molar-refractivity contribution >= 4 is 17.3 Å². The van der Waals surface area contributed by atoms with Gasteiger partial charge in [-0.2, -0.15) is 0 Å². The molecular formula is C14H23N3O2. The normalized spacial score (nSPS) is 10.1. The molecule has 0 fully saturated rings. The van der Waals surface area contributed by atoms with Crippen LogP contribution in [0.25, 0.3) is 0 Å². The topological polar surface area (TPSA) is 58.8 Å². The van der Waals surface area contributed by atoms with Crippen molar-refractivity contribution in [3.63, 3.8) is 0 Å².